The van der Waals surface area contributed by atoms with Crippen molar-refractivity contribution in [2.24, 2.45) is 0 Å². The van der Waals surface area contributed by atoms with Crippen LogP contribution in [0.25, 0.3) is 0 Å². The van der Waals surface area contributed by atoms with Gasteiger partial charge < -0.3 is 10.2 Å². The molecular formula is C11H16ClN3O3S2. The van der Waals surface area contributed by atoms with E-state index in [9.17, 15) is 13.2 Å². The minimum absolute atomic E-state index is 0.00804. The molecule has 2 heterocycles. The largest absolute Gasteiger partial charge is 0.348 e. The van der Waals surface area contributed by atoms with Gasteiger partial charge in [-0.1, -0.05) is 11.6 Å². The first-order valence-corrected chi connectivity index (χ1v) is 8.79. The Hall–Kier alpha value is -0.990. The number of hydrogen-bond donors (Lipinski definition) is 1. The average Bonchev–Trinajstić information content (AvgIpc) is 2.71. The lowest BCUT2D eigenvalue weighted by atomic mass is 10.3. The number of nitrogens with zero attached hydrogens (tertiary/aromatic N) is 2. The van der Waals surface area contributed by atoms with Crippen LogP contribution in [0.5, 0.6) is 0 Å². The number of amides is 2. The second-order valence-electron chi connectivity index (χ2n) is 4.62. The van der Waals surface area contributed by atoms with Gasteiger partial charge in [-0.05, 0) is 26.8 Å². The molecule has 1 N–H and O–H groups in total. The Morgan fingerprint density at radius 2 is 2.20 bits per heavy atom. The zero-order chi connectivity index (χ0) is 15.1. The van der Waals surface area contributed by atoms with Crippen molar-refractivity contribution in [3.05, 3.63) is 10.4 Å². The Morgan fingerprint density at radius 1 is 1.55 bits per heavy atom. The van der Waals surface area contributed by atoms with Crippen molar-refractivity contribution >= 4 is 44.7 Å². The smallest absolute Gasteiger partial charge is 0.332 e. The van der Waals surface area contributed by atoms with Crippen molar-refractivity contribution in [2.75, 3.05) is 18.1 Å². The van der Waals surface area contributed by atoms with Crippen LogP contribution in [0.4, 0.5) is 10.5 Å². The molecule has 0 aromatic carbocycles. The molecule has 0 radical (unpaired) electrons. The Bertz CT molecular complexity index is 627. The molecule has 9 heteroatoms. The Balaban J connectivity index is 2.53. The number of anilines is 1. The van der Waals surface area contributed by atoms with Crippen molar-refractivity contribution in [1.82, 2.24) is 9.62 Å². The molecule has 2 amide bonds. The molecule has 2 rings (SSSR count). The number of hydrogen-bond acceptors (Lipinski definition) is 5. The van der Waals surface area contributed by atoms with Crippen LogP contribution >= 0.6 is 22.9 Å². The second kappa shape index (κ2) is 5.42. The van der Waals surface area contributed by atoms with Gasteiger partial charge in [0, 0.05) is 12.6 Å². The van der Waals surface area contributed by atoms with E-state index in [2.05, 4.69) is 5.32 Å². The summed E-state index contributed by atoms with van der Waals surface area (Å²) in [5.41, 5.74) is 0.565. The number of nitrogens with one attached hydrogen (secondary N) is 1. The fourth-order valence-electron chi connectivity index (χ4n) is 1.97. The van der Waals surface area contributed by atoms with Crippen LogP contribution in [-0.4, -0.2) is 38.0 Å². The molecule has 1 aliphatic heterocycles. The monoisotopic (exact) mass is 337 g/mol. The molecule has 1 aromatic heterocycles. The number of sulfonamides is 1. The maximum atomic E-state index is 12.5. The lowest BCUT2D eigenvalue weighted by Crippen LogP contribution is -2.53. The Kier molecular flexibility index (Phi) is 4.17. The van der Waals surface area contributed by atoms with E-state index < -0.39 is 16.1 Å². The van der Waals surface area contributed by atoms with E-state index in [0.29, 0.717) is 16.6 Å². The molecule has 20 heavy (non-hydrogen) atoms. The molecule has 1 aromatic rings. The molecule has 0 fully saturated rings. The number of rotatable bonds is 2. The van der Waals surface area contributed by atoms with Crippen molar-refractivity contribution in [3.63, 3.8) is 0 Å². The van der Waals surface area contributed by atoms with Crippen LogP contribution in [-0.2, 0) is 10.0 Å². The molecule has 0 spiro atoms. The molecular weight excluding hydrogens is 322 g/mol. The summed E-state index contributed by atoms with van der Waals surface area (Å²) in [5.74, 6) is 0. The van der Waals surface area contributed by atoms with Gasteiger partial charge in [-0.25, -0.2) is 4.79 Å². The highest BCUT2D eigenvalue weighted by Gasteiger charge is 2.41. The molecule has 0 bridgehead atoms. The van der Waals surface area contributed by atoms with Crippen molar-refractivity contribution in [1.29, 1.82) is 0 Å². The quantitative estimate of drug-likeness (QED) is 0.899. The predicted octanol–water partition coefficient (Wildman–Crippen LogP) is 2.31. The molecule has 112 valence electrons. The Morgan fingerprint density at radius 3 is 2.75 bits per heavy atom. The summed E-state index contributed by atoms with van der Waals surface area (Å²) in [6.07, 6.45) is 0. The number of carbonyl (C=O) groups is 1. The van der Waals surface area contributed by atoms with E-state index in [1.165, 1.54) is 0 Å². The molecule has 1 aliphatic rings. The molecule has 0 aliphatic carbocycles. The minimum atomic E-state index is -3.84. The van der Waals surface area contributed by atoms with Gasteiger partial charge in [0.15, 0.2) is 4.21 Å². The summed E-state index contributed by atoms with van der Waals surface area (Å²) in [6, 6.07) is 1.06. The van der Waals surface area contributed by atoms with Gasteiger partial charge in [0.2, 0.25) is 0 Å². The normalized spacial score (nSPS) is 17.2. The van der Waals surface area contributed by atoms with E-state index in [1.54, 1.807) is 13.0 Å². The highest BCUT2D eigenvalue weighted by atomic mass is 35.5. The molecule has 0 atom stereocenters. The van der Waals surface area contributed by atoms with E-state index in [1.807, 2.05) is 18.7 Å². The van der Waals surface area contributed by atoms with Crippen LogP contribution < -0.4 is 10.2 Å². The third kappa shape index (κ3) is 2.47. The van der Waals surface area contributed by atoms with Gasteiger partial charge in [0.25, 0.3) is 10.0 Å². The molecule has 6 nitrogen and oxygen atoms in total. The van der Waals surface area contributed by atoms with E-state index >= 15 is 0 Å². The number of halogens is 1. The molecule has 0 saturated heterocycles. The number of urea groups is 1. The lowest BCUT2D eigenvalue weighted by molar-refractivity contribution is 0.222. The summed E-state index contributed by atoms with van der Waals surface area (Å²) in [7, 11) is -3.84. The highest BCUT2D eigenvalue weighted by Crippen LogP contribution is 2.42. The standard InChI is InChI=1S/C11H16ClN3O3S2/c1-4-13-11(16)15-6-14(7(2)3)8-5-9(12)19-10(8)20(15,17)18/h5,7H,4,6H2,1-3H3,(H,13,16). The average molecular weight is 338 g/mol. The highest BCUT2D eigenvalue weighted by molar-refractivity contribution is 7.92. The third-order valence-electron chi connectivity index (χ3n) is 2.94. The Labute approximate surface area is 127 Å². The summed E-state index contributed by atoms with van der Waals surface area (Å²) >= 11 is 6.92. The number of thiophene rings is 1. The fraction of sp³-hybridized carbons (Fsp3) is 0.545. The maximum absolute atomic E-state index is 12.5. The third-order valence-corrected chi connectivity index (χ3v) is 6.41. The van der Waals surface area contributed by atoms with Crippen LogP contribution in [0, 0.1) is 0 Å². The van der Waals surface area contributed by atoms with E-state index in [-0.39, 0.29) is 16.9 Å². The number of carbonyl (C=O) groups excluding carboxylic acids is 1. The summed E-state index contributed by atoms with van der Waals surface area (Å²) in [5, 5.41) is 2.52. The summed E-state index contributed by atoms with van der Waals surface area (Å²) < 4.78 is 26.3. The van der Waals surface area contributed by atoms with Crippen LogP contribution in [0.15, 0.2) is 10.3 Å². The summed E-state index contributed by atoms with van der Waals surface area (Å²) in [6.45, 7) is 5.96. The van der Waals surface area contributed by atoms with Crippen molar-refractivity contribution < 1.29 is 13.2 Å². The molecule has 0 saturated carbocycles. The fourth-order valence-corrected chi connectivity index (χ4v) is 5.23. The maximum Gasteiger partial charge on any atom is 0.332 e. The van der Waals surface area contributed by atoms with Gasteiger partial charge in [-0.2, -0.15) is 12.7 Å². The molecule has 0 unspecified atom stereocenters. The topological polar surface area (TPSA) is 69.7 Å². The van der Waals surface area contributed by atoms with Gasteiger partial charge in [-0.3, -0.25) is 0 Å². The van der Waals surface area contributed by atoms with Crippen molar-refractivity contribution in [2.45, 2.75) is 31.0 Å². The lowest BCUT2D eigenvalue weighted by Gasteiger charge is -2.38. The van der Waals surface area contributed by atoms with Gasteiger partial charge in [0.1, 0.15) is 6.67 Å². The van der Waals surface area contributed by atoms with Crippen molar-refractivity contribution in [3.8, 4) is 0 Å². The SMILES string of the molecule is CCNC(=O)N1CN(C(C)C)c2cc(Cl)sc2S1(=O)=O. The van der Waals surface area contributed by atoms with Gasteiger partial charge in [0.05, 0.1) is 10.0 Å². The second-order valence-corrected chi connectivity index (χ2v) is 8.36. The minimum Gasteiger partial charge on any atom is -0.348 e. The van der Waals surface area contributed by atoms with Crippen LogP contribution in [0.3, 0.4) is 0 Å². The first-order valence-electron chi connectivity index (χ1n) is 6.15. The zero-order valence-electron chi connectivity index (χ0n) is 11.4. The van der Waals surface area contributed by atoms with Crippen LogP contribution in [0.2, 0.25) is 4.34 Å². The predicted molar refractivity (Wildman–Crippen MR) is 79.9 cm³/mol. The number of fused-ring (bicyclic) bond motifs is 1. The first kappa shape index (κ1) is 15.4. The van der Waals surface area contributed by atoms with E-state index in [4.69, 9.17) is 11.6 Å². The van der Waals surface area contributed by atoms with Gasteiger partial charge in [-0.15, -0.1) is 11.3 Å². The zero-order valence-corrected chi connectivity index (χ0v) is 13.8. The van der Waals surface area contributed by atoms with Gasteiger partial charge >= 0.3 is 6.03 Å². The first-order chi connectivity index (χ1) is 9.28. The van der Waals surface area contributed by atoms with E-state index in [0.717, 1.165) is 15.6 Å². The van der Waals surface area contributed by atoms with Crippen LogP contribution in [0.1, 0.15) is 20.8 Å². The summed E-state index contributed by atoms with van der Waals surface area (Å²) in [4.78, 5) is 13.8.